The number of aromatic nitrogens is 1. The van der Waals surface area contributed by atoms with Gasteiger partial charge in [0.05, 0.1) is 20.8 Å². The maximum atomic E-state index is 11.5. The number of hydrogen-bond acceptors (Lipinski definition) is 6. The highest BCUT2D eigenvalue weighted by Crippen LogP contribution is 2.15. The van der Waals surface area contributed by atoms with Gasteiger partial charge in [-0.25, -0.2) is 9.78 Å². The molecule has 25 heavy (non-hydrogen) atoms. The van der Waals surface area contributed by atoms with Crippen LogP contribution in [0.4, 0.5) is 5.82 Å². The van der Waals surface area contributed by atoms with Crippen LogP contribution < -0.4 is 9.64 Å². The van der Waals surface area contributed by atoms with E-state index in [1.165, 1.54) is 14.2 Å². The molecule has 1 aromatic carbocycles. The third kappa shape index (κ3) is 5.53. The van der Waals surface area contributed by atoms with Crippen molar-refractivity contribution in [2.45, 2.75) is 0 Å². The van der Waals surface area contributed by atoms with Gasteiger partial charge in [0.2, 0.25) is 5.76 Å². The SMILES string of the molecule is COC(=O)/C(=C\c1ccc(OCCN(C)c2ccccn2)cc1)OC. The number of nitrogens with zero attached hydrogens (tertiary/aromatic N) is 2. The number of benzene rings is 1. The van der Waals surface area contributed by atoms with Crippen molar-refractivity contribution in [2.24, 2.45) is 0 Å². The Hall–Kier alpha value is -3.02. The minimum atomic E-state index is -0.514. The largest absolute Gasteiger partial charge is 0.492 e. The molecule has 0 radical (unpaired) electrons. The lowest BCUT2D eigenvalue weighted by Crippen LogP contribution is -2.24. The van der Waals surface area contributed by atoms with E-state index in [1.807, 2.05) is 54.4 Å². The van der Waals surface area contributed by atoms with E-state index in [4.69, 9.17) is 9.47 Å². The number of anilines is 1. The lowest BCUT2D eigenvalue weighted by Gasteiger charge is -2.18. The summed E-state index contributed by atoms with van der Waals surface area (Å²) in [6.45, 7) is 1.25. The van der Waals surface area contributed by atoms with Gasteiger partial charge in [-0.3, -0.25) is 0 Å². The minimum Gasteiger partial charge on any atom is -0.492 e. The second-order valence-electron chi connectivity index (χ2n) is 5.23. The van der Waals surface area contributed by atoms with Crippen molar-refractivity contribution in [2.75, 3.05) is 39.3 Å². The highest BCUT2D eigenvalue weighted by Gasteiger charge is 2.09. The molecule has 0 atom stereocenters. The smallest absolute Gasteiger partial charge is 0.373 e. The number of hydrogen-bond donors (Lipinski definition) is 0. The van der Waals surface area contributed by atoms with Crippen molar-refractivity contribution in [3.05, 3.63) is 60.0 Å². The van der Waals surface area contributed by atoms with Gasteiger partial charge in [-0.2, -0.15) is 0 Å². The summed E-state index contributed by atoms with van der Waals surface area (Å²) >= 11 is 0. The van der Waals surface area contributed by atoms with Crippen LogP contribution in [0.15, 0.2) is 54.4 Å². The van der Waals surface area contributed by atoms with E-state index in [-0.39, 0.29) is 5.76 Å². The maximum absolute atomic E-state index is 11.5. The predicted molar refractivity (Wildman–Crippen MR) is 96.4 cm³/mol. The van der Waals surface area contributed by atoms with Crippen LogP contribution >= 0.6 is 0 Å². The van der Waals surface area contributed by atoms with Crippen LogP contribution in [0.2, 0.25) is 0 Å². The zero-order valence-corrected chi connectivity index (χ0v) is 14.6. The lowest BCUT2D eigenvalue weighted by molar-refractivity contribution is -0.139. The van der Waals surface area contributed by atoms with Gasteiger partial charge in [-0.15, -0.1) is 0 Å². The topological polar surface area (TPSA) is 60.9 Å². The first-order chi connectivity index (χ1) is 12.1. The fourth-order valence-electron chi connectivity index (χ4n) is 2.11. The molecule has 0 aliphatic carbocycles. The standard InChI is InChI=1S/C19H22N2O4/c1-21(18-6-4-5-11-20-18)12-13-25-16-9-7-15(8-10-16)14-17(23-2)19(22)24-3/h4-11,14H,12-13H2,1-3H3/b17-14+. The van der Waals surface area contributed by atoms with Gasteiger partial charge < -0.3 is 19.1 Å². The number of methoxy groups -OCH3 is 2. The number of rotatable bonds is 8. The van der Waals surface area contributed by atoms with Crippen LogP contribution in [-0.4, -0.2) is 45.4 Å². The van der Waals surface area contributed by atoms with E-state index in [0.29, 0.717) is 6.61 Å². The summed E-state index contributed by atoms with van der Waals surface area (Å²) in [5.74, 6) is 1.29. The molecule has 132 valence electrons. The second-order valence-corrected chi connectivity index (χ2v) is 5.23. The van der Waals surface area contributed by atoms with Crippen LogP contribution in [0, 0.1) is 0 Å². The number of pyridine rings is 1. The van der Waals surface area contributed by atoms with Gasteiger partial charge in [0.15, 0.2) is 0 Å². The summed E-state index contributed by atoms with van der Waals surface area (Å²) in [4.78, 5) is 17.8. The second kappa shape index (κ2) is 9.32. The van der Waals surface area contributed by atoms with Crippen molar-refractivity contribution >= 4 is 17.9 Å². The molecule has 1 aromatic heterocycles. The van der Waals surface area contributed by atoms with Gasteiger partial charge in [0.25, 0.3) is 0 Å². The van der Waals surface area contributed by atoms with Gasteiger partial charge in [0, 0.05) is 13.2 Å². The Labute approximate surface area is 147 Å². The number of ether oxygens (including phenoxy) is 3. The monoisotopic (exact) mass is 342 g/mol. The average Bonchev–Trinajstić information content (AvgIpc) is 2.67. The third-order valence-electron chi connectivity index (χ3n) is 3.52. The van der Waals surface area contributed by atoms with Crippen molar-refractivity contribution < 1.29 is 19.0 Å². The molecule has 0 bridgehead atoms. The van der Waals surface area contributed by atoms with Crippen LogP contribution in [0.5, 0.6) is 5.75 Å². The normalized spacial score (nSPS) is 10.9. The zero-order chi connectivity index (χ0) is 18.1. The Morgan fingerprint density at radius 3 is 2.48 bits per heavy atom. The fraction of sp³-hybridized carbons (Fsp3) is 0.263. The molecular formula is C19H22N2O4. The van der Waals surface area contributed by atoms with E-state index >= 15 is 0 Å². The maximum Gasteiger partial charge on any atom is 0.373 e. The molecule has 0 aliphatic rings. The van der Waals surface area contributed by atoms with Crippen molar-refractivity contribution in [3.63, 3.8) is 0 Å². The Balaban J connectivity index is 1.88. The number of carbonyl (C=O) groups excluding carboxylic acids is 1. The number of esters is 1. The summed E-state index contributed by atoms with van der Waals surface area (Å²) in [5, 5.41) is 0. The summed E-state index contributed by atoms with van der Waals surface area (Å²) < 4.78 is 15.4. The molecule has 6 heteroatoms. The summed E-state index contributed by atoms with van der Waals surface area (Å²) in [7, 11) is 4.71. The molecule has 0 N–H and O–H groups in total. The van der Waals surface area contributed by atoms with E-state index < -0.39 is 5.97 Å². The fourth-order valence-corrected chi connectivity index (χ4v) is 2.11. The third-order valence-corrected chi connectivity index (χ3v) is 3.52. The van der Waals surface area contributed by atoms with Crippen LogP contribution in [0.25, 0.3) is 6.08 Å². The molecular weight excluding hydrogens is 320 g/mol. The van der Waals surface area contributed by atoms with E-state index in [0.717, 1.165) is 23.7 Å². The summed E-state index contributed by atoms with van der Waals surface area (Å²) in [6.07, 6.45) is 3.38. The highest BCUT2D eigenvalue weighted by atomic mass is 16.6. The first kappa shape index (κ1) is 18.3. The van der Waals surface area contributed by atoms with Gasteiger partial charge in [-0.05, 0) is 35.9 Å². The molecule has 0 spiro atoms. The summed E-state index contributed by atoms with van der Waals surface area (Å²) in [6, 6.07) is 13.2. The average molecular weight is 342 g/mol. The van der Waals surface area contributed by atoms with Crippen LogP contribution in [-0.2, 0) is 14.3 Å². The molecule has 2 rings (SSSR count). The Morgan fingerprint density at radius 2 is 1.88 bits per heavy atom. The Kier molecular flexibility index (Phi) is 6.83. The summed E-state index contributed by atoms with van der Waals surface area (Å²) in [5.41, 5.74) is 0.820. The molecule has 2 aromatic rings. The van der Waals surface area contributed by atoms with E-state index in [9.17, 15) is 4.79 Å². The van der Waals surface area contributed by atoms with Gasteiger partial charge in [-0.1, -0.05) is 18.2 Å². The van der Waals surface area contributed by atoms with Gasteiger partial charge >= 0.3 is 5.97 Å². The molecule has 1 heterocycles. The van der Waals surface area contributed by atoms with E-state index in [1.54, 1.807) is 12.3 Å². The van der Waals surface area contributed by atoms with Gasteiger partial charge in [0.1, 0.15) is 18.2 Å². The number of likely N-dealkylation sites (N-methyl/N-ethyl adjacent to an activating group) is 1. The highest BCUT2D eigenvalue weighted by molar-refractivity contribution is 5.91. The molecule has 0 saturated heterocycles. The quantitative estimate of drug-likeness (QED) is 0.418. The zero-order valence-electron chi connectivity index (χ0n) is 14.6. The molecule has 0 amide bonds. The minimum absolute atomic E-state index is 0.146. The molecule has 0 fully saturated rings. The lowest BCUT2D eigenvalue weighted by atomic mass is 10.2. The first-order valence-electron chi connectivity index (χ1n) is 7.83. The van der Waals surface area contributed by atoms with Crippen molar-refractivity contribution in [1.82, 2.24) is 4.98 Å². The van der Waals surface area contributed by atoms with Crippen LogP contribution in [0.3, 0.4) is 0 Å². The Morgan fingerprint density at radius 1 is 1.12 bits per heavy atom. The first-order valence-corrected chi connectivity index (χ1v) is 7.83. The van der Waals surface area contributed by atoms with Crippen molar-refractivity contribution in [3.8, 4) is 5.75 Å². The molecule has 6 nitrogen and oxygen atoms in total. The molecule has 0 aliphatic heterocycles. The molecule has 0 saturated carbocycles. The Bertz CT molecular complexity index is 699. The van der Waals surface area contributed by atoms with E-state index in [2.05, 4.69) is 9.72 Å². The predicted octanol–water partition coefficient (Wildman–Crippen LogP) is 2.76. The van der Waals surface area contributed by atoms with Crippen molar-refractivity contribution in [1.29, 1.82) is 0 Å². The van der Waals surface area contributed by atoms with Crippen LogP contribution in [0.1, 0.15) is 5.56 Å². The molecule has 0 unspecified atom stereocenters. The number of carbonyl (C=O) groups is 1.